The number of hydrogen-bond acceptors (Lipinski definition) is 3. The highest BCUT2D eigenvalue weighted by atomic mass is 32.2. The molecule has 116 valence electrons. The van der Waals surface area contributed by atoms with E-state index in [9.17, 15) is 4.79 Å². The van der Waals surface area contributed by atoms with Crippen LogP contribution in [-0.2, 0) is 11.2 Å². The second-order valence-electron chi connectivity index (χ2n) is 6.07. The van der Waals surface area contributed by atoms with E-state index in [0.717, 1.165) is 41.1 Å². The maximum Gasteiger partial charge on any atom is 0.286 e. The molecule has 0 spiro atoms. The first-order valence-corrected chi connectivity index (χ1v) is 8.84. The quantitative estimate of drug-likeness (QED) is 0.775. The number of rotatable bonds is 2. The third-order valence-corrected chi connectivity index (χ3v) is 5.39. The smallest absolute Gasteiger partial charge is 0.286 e. The molecule has 3 nitrogen and oxygen atoms in total. The number of thioether (sulfide) groups is 1. The van der Waals surface area contributed by atoms with Gasteiger partial charge in [-0.15, -0.1) is 0 Å². The molecule has 2 heterocycles. The summed E-state index contributed by atoms with van der Waals surface area (Å²) in [4.78, 5) is 19.4. The number of carbonyl (C=O) groups excluding carboxylic acids is 1. The summed E-state index contributed by atoms with van der Waals surface area (Å²) >= 11 is 1.52. The van der Waals surface area contributed by atoms with E-state index in [1.807, 2.05) is 6.08 Å². The van der Waals surface area contributed by atoms with Gasteiger partial charge in [0.1, 0.15) is 0 Å². The number of piperidine rings is 1. The molecule has 22 heavy (non-hydrogen) atoms. The van der Waals surface area contributed by atoms with Gasteiger partial charge in [0.25, 0.3) is 5.91 Å². The highest BCUT2D eigenvalue weighted by Gasteiger charge is 2.28. The Morgan fingerprint density at radius 2 is 1.95 bits per heavy atom. The lowest BCUT2D eigenvalue weighted by atomic mass is 10.00. The Balaban J connectivity index is 1.69. The van der Waals surface area contributed by atoms with Crippen LogP contribution in [0.3, 0.4) is 0 Å². The molecule has 0 aromatic heterocycles. The van der Waals surface area contributed by atoms with Gasteiger partial charge < -0.3 is 4.90 Å². The largest absolute Gasteiger partial charge is 0.351 e. The van der Waals surface area contributed by atoms with Crippen molar-refractivity contribution >= 4 is 28.9 Å². The number of hydrogen-bond donors (Lipinski definition) is 0. The fourth-order valence-corrected chi connectivity index (χ4v) is 3.70. The third kappa shape index (κ3) is 3.43. The van der Waals surface area contributed by atoms with Gasteiger partial charge in [0.15, 0.2) is 5.17 Å². The Morgan fingerprint density at radius 1 is 1.27 bits per heavy atom. The molecule has 2 aliphatic heterocycles. The second kappa shape index (κ2) is 6.69. The Morgan fingerprint density at radius 3 is 2.59 bits per heavy atom. The molecule has 1 fully saturated rings. The zero-order chi connectivity index (χ0) is 15.5. The monoisotopic (exact) mass is 314 g/mol. The number of likely N-dealkylation sites (tertiary alicyclic amines) is 1. The lowest BCUT2D eigenvalue weighted by Gasteiger charge is -2.30. The van der Waals surface area contributed by atoms with Crippen molar-refractivity contribution in [2.75, 3.05) is 13.1 Å². The van der Waals surface area contributed by atoms with Crippen molar-refractivity contribution in [3.8, 4) is 0 Å². The average Bonchev–Trinajstić information content (AvgIpc) is 2.90. The predicted octanol–water partition coefficient (Wildman–Crippen LogP) is 3.95. The molecule has 0 aliphatic carbocycles. The number of amides is 1. The highest BCUT2D eigenvalue weighted by Crippen LogP contribution is 2.32. The fraction of sp³-hybridized carbons (Fsp3) is 0.444. The summed E-state index contributed by atoms with van der Waals surface area (Å²) in [6, 6.07) is 8.37. The molecule has 0 N–H and O–H groups in total. The Labute approximate surface area is 136 Å². The molecule has 0 radical (unpaired) electrons. The summed E-state index contributed by atoms with van der Waals surface area (Å²) in [5.41, 5.74) is 2.38. The number of carbonyl (C=O) groups is 1. The van der Waals surface area contributed by atoms with Crippen LogP contribution >= 0.6 is 11.8 Å². The van der Waals surface area contributed by atoms with Crippen molar-refractivity contribution < 1.29 is 4.79 Å². The molecule has 0 unspecified atom stereocenters. The van der Waals surface area contributed by atoms with E-state index >= 15 is 0 Å². The summed E-state index contributed by atoms with van der Waals surface area (Å²) in [5, 5.41) is 0.883. The summed E-state index contributed by atoms with van der Waals surface area (Å²) in [5.74, 6) is 0.684. The molecule has 1 aromatic rings. The van der Waals surface area contributed by atoms with E-state index in [1.165, 1.54) is 30.2 Å². The van der Waals surface area contributed by atoms with Crippen LogP contribution in [0.4, 0.5) is 0 Å². The Bertz CT molecular complexity index is 610. The summed E-state index contributed by atoms with van der Waals surface area (Å²) < 4.78 is 0. The predicted molar refractivity (Wildman–Crippen MR) is 93.8 cm³/mol. The molecule has 1 amide bonds. The Hall–Kier alpha value is -1.55. The van der Waals surface area contributed by atoms with Gasteiger partial charge in [0.05, 0.1) is 4.91 Å². The van der Waals surface area contributed by atoms with Crippen molar-refractivity contribution in [3.05, 3.63) is 40.3 Å². The molecule has 2 aliphatic rings. The van der Waals surface area contributed by atoms with Crippen LogP contribution in [0.1, 0.15) is 37.8 Å². The number of aliphatic imine (C=N–C) groups is 1. The third-order valence-electron chi connectivity index (χ3n) is 4.35. The topological polar surface area (TPSA) is 32.7 Å². The van der Waals surface area contributed by atoms with Crippen LogP contribution in [-0.4, -0.2) is 29.1 Å². The maximum absolute atomic E-state index is 12.1. The zero-order valence-corrected chi connectivity index (χ0v) is 14.0. The van der Waals surface area contributed by atoms with Crippen LogP contribution in [0.15, 0.2) is 34.2 Å². The van der Waals surface area contributed by atoms with Gasteiger partial charge in [0, 0.05) is 13.1 Å². The molecule has 0 bridgehead atoms. The summed E-state index contributed by atoms with van der Waals surface area (Å²) in [6.45, 7) is 6.46. The zero-order valence-electron chi connectivity index (χ0n) is 13.2. The minimum Gasteiger partial charge on any atom is -0.351 e. The molecule has 3 rings (SSSR count). The first-order valence-electron chi connectivity index (χ1n) is 8.02. The maximum atomic E-state index is 12.1. The van der Waals surface area contributed by atoms with E-state index in [-0.39, 0.29) is 5.91 Å². The van der Waals surface area contributed by atoms with E-state index in [4.69, 9.17) is 0 Å². The normalized spacial score (nSPS) is 21.5. The number of benzene rings is 1. The molecular formula is C18H22N2OS. The van der Waals surface area contributed by atoms with Crippen LogP contribution in [0, 0.1) is 5.92 Å². The number of nitrogens with zero attached hydrogens (tertiary/aromatic N) is 2. The van der Waals surface area contributed by atoms with Gasteiger partial charge in [0.2, 0.25) is 0 Å². The lowest BCUT2D eigenvalue weighted by molar-refractivity contribution is -0.113. The molecule has 1 aromatic carbocycles. The van der Waals surface area contributed by atoms with E-state index < -0.39 is 0 Å². The van der Waals surface area contributed by atoms with Gasteiger partial charge in [-0.1, -0.05) is 38.1 Å². The highest BCUT2D eigenvalue weighted by molar-refractivity contribution is 8.18. The molecule has 0 atom stereocenters. The van der Waals surface area contributed by atoms with Gasteiger partial charge in [-0.05, 0) is 54.1 Å². The minimum absolute atomic E-state index is 0.0989. The van der Waals surface area contributed by atoms with Gasteiger partial charge in [-0.25, -0.2) is 0 Å². The first-order chi connectivity index (χ1) is 10.7. The van der Waals surface area contributed by atoms with E-state index in [2.05, 4.69) is 48.0 Å². The first kappa shape index (κ1) is 15.3. The van der Waals surface area contributed by atoms with Crippen LogP contribution in [0.5, 0.6) is 0 Å². The van der Waals surface area contributed by atoms with Crippen LogP contribution in [0.25, 0.3) is 6.08 Å². The molecule has 1 saturated heterocycles. The Kier molecular flexibility index (Phi) is 4.67. The minimum atomic E-state index is -0.0989. The van der Waals surface area contributed by atoms with Crippen molar-refractivity contribution in [3.63, 3.8) is 0 Å². The van der Waals surface area contributed by atoms with Crippen molar-refractivity contribution in [1.82, 2.24) is 4.90 Å². The van der Waals surface area contributed by atoms with Crippen LogP contribution in [0.2, 0.25) is 0 Å². The van der Waals surface area contributed by atoms with E-state index in [0.29, 0.717) is 0 Å². The van der Waals surface area contributed by atoms with Crippen molar-refractivity contribution in [1.29, 1.82) is 0 Å². The summed E-state index contributed by atoms with van der Waals surface area (Å²) in [6.07, 6.45) is 5.36. The van der Waals surface area contributed by atoms with Crippen molar-refractivity contribution in [2.24, 2.45) is 10.9 Å². The average molecular weight is 314 g/mol. The second-order valence-corrected chi connectivity index (χ2v) is 7.08. The number of aryl methyl sites for hydroxylation is 1. The standard InChI is InChI=1S/C18H22N2OS/c1-3-14-4-6-15(7-5-14)12-16-17(21)19-18(22-16)20-10-8-13(2)9-11-20/h4-7,12-13H,3,8-11H2,1-2H3/b16-12-. The van der Waals surface area contributed by atoms with Crippen LogP contribution < -0.4 is 0 Å². The SMILES string of the molecule is CCc1ccc(/C=C2\SC(N3CCC(C)CC3)=NC2=O)cc1. The summed E-state index contributed by atoms with van der Waals surface area (Å²) in [7, 11) is 0. The van der Waals surface area contributed by atoms with Gasteiger partial charge in [-0.3, -0.25) is 4.79 Å². The van der Waals surface area contributed by atoms with E-state index in [1.54, 1.807) is 0 Å². The fourth-order valence-electron chi connectivity index (χ4n) is 2.73. The van der Waals surface area contributed by atoms with Crippen molar-refractivity contribution in [2.45, 2.75) is 33.1 Å². The molecule has 4 heteroatoms. The lowest BCUT2D eigenvalue weighted by Crippen LogP contribution is -2.35. The molecule has 0 saturated carbocycles. The molecular weight excluding hydrogens is 292 g/mol. The van der Waals surface area contributed by atoms with Gasteiger partial charge >= 0.3 is 0 Å². The number of amidine groups is 1. The van der Waals surface area contributed by atoms with Gasteiger partial charge in [-0.2, -0.15) is 4.99 Å².